The molecule has 2 nitrogen and oxygen atoms in total. The summed E-state index contributed by atoms with van der Waals surface area (Å²) in [5.74, 6) is 0.393. The van der Waals surface area contributed by atoms with Crippen LogP contribution in [0.1, 0.15) is 39.9 Å². The number of carbonyl (C=O) groups is 1. The molecule has 25 heavy (non-hydrogen) atoms. The molecule has 126 valence electrons. The molecular formula is C22H20ClNO. The maximum atomic E-state index is 12.9. The maximum Gasteiger partial charge on any atom is 0.252 e. The van der Waals surface area contributed by atoms with Crippen LogP contribution in [0.25, 0.3) is 10.8 Å². The molecule has 0 radical (unpaired) electrons. The minimum absolute atomic E-state index is 0.0186. The van der Waals surface area contributed by atoms with E-state index in [1.165, 1.54) is 16.3 Å². The molecule has 1 aliphatic rings. The molecule has 0 atom stereocenters. The van der Waals surface area contributed by atoms with Gasteiger partial charge in [0, 0.05) is 11.4 Å². The summed E-state index contributed by atoms with van der Waals surface area (Å²) >= 11 is 5.93. The fraction of sp³-hybridized carbons (Fsp3) is 0.227. The Hall–Kier alpha value is -2.32. The van der Waals surface area contributed by atoms with Crippen LogP contribution in [-0.2, 0) is 11.4 Å². The van der Waals surface area contributed by atoms with Gasteiger partial charge in [0.25, 0.3) is 5.91 Å². The van der Waals surface area contributed by atoms with Gasteiger partial charge in [-0.15, -0.1) is 11.6 Å². The number of halogens is 1. The first-order valence-corrected chi connectivity index (χ1v) is 9.13. The molecule has 1 aliphatic carbocycles. The lowest BCUT2D eigenvalue weighted by molar-refractivity contribution is 0.0930. The fourth-order valence-electron chi connectivity index (χ4n) is 3.51. The van der Waals surface area contributed by atoms with Gasteiger partial charge in [-0.2, -0.15) is 0 Å². The first-order valence-electron chi connectivity index (χ1n) is 8.59. The molecule has 0 bridgehead atoms. The largest absolute Gasteiger partial charge is 0.342 e. The van der Waals surface area contributed by atoms with Crippen molar-refractivity contribution in [3.63, 3.8) is 0 Å². The Morgan fingerprint density at radius 1 is 1.08 bits per heavy atom. The Bertz CT molecular complexity index is 954. The van der Waals surface area contributed by atoms with Crippen LogP contribution < -0.4 is 5.32 Å². The molecular weight excluding hydrogens is 330 g/mol. The summed E-state index contributed by atoms with van der Waals surface area (Å²) in [7, 11) is 0. The first kappa shape index (κ1) is 16.2. The molecule has 4 rings (SSSR count). The van der Waals surface area contributed by atoms with E-state index < -0.39 is 0 Å². The molecule has 0 saturated heterocycles. The van der Waals surface area contributed by atoms with Crippen molar-refractivity contribution < 1.29 is 4.79 Å². The number of benzene rings is 3. The fourth-order valence-corrected chi connectivity index (χ4v) is 3.68. The van der Waals surface area contributed by atoms with Crippen LogP contribution >= 0.6 is 11.6 Å². The third-order valence-electron chi connectivity index (χ3n) is 5.11. The third kappa shape index (κ3) is 2.91. The van der Waals surface area contributed by atoms with Crippen LogP contribution in [0.5, 0.6) is 0 Å². The van der Waals surface area contributed by atoms with E-state index >= 15 is 0 Å². The van der Waals surface area contributed by atoms with E-state index in [1.807, 2.05) is 31.2 Å². The monoisotopic (exact) mass is 349 g/mol. The van der Waals surface area contributed by atoms with Gasteiger partial charge in [-0.25, -0.2) is 0 Å². The highest BCUT2D eigenvalue weighted by Gasteiger charge is 2.46. The number of hydrogen-bond donors (Lipinski definition) is 1. The molecule has 0 aromatic heterocycles. The number of amides is 1. The van der Waals surface area contributed by atoms with Crippen LogP contribution in [0.2, 0.25) is 0 Å². The molecule has 3 aromatic rings. The van der Waals surface area contributed by atoms with Gasteiger partial charge >= 0.3 is 0 Å². The van der Waals surface area contributed by atoms with E-state index in [1.54, 1.807) is 0 Å². The number of rotatable bonds is 4. The van der Waals surface area contributed by atoms with Crippen molar-refractivity contribution in [2.75, 3.05) is 0 Å². The predicted octanol–water partition coefficient (Wildman–Crippen LogP) is 5.31. The molecule has 1 saturated carbocycles. The summed E-state index contributed by atoms with van der Waals surface area (Å²) in [5, 5.41) is 5.73. The summed E-state index contributed by atoms with van der Waals surface area (Å²) in [5.41, 5.74) is 3.61. The van der Waals surface area contributed by atoms with E-state index in [4.69, 9.17) is 11.6 Å². The Labute approximate surface area is 152 Å². The van der Waals surface area contributed by atoms with Crippen molar-refractivity contribution in [2.24, 2.45) is 0 Å². The summed E-state index contributed by atoms with van der Waals surface area (Å²) in [6.07, 6.45) is 1.95. The zero-order chi connectivity index (χ0) is 17.4. The lowest BCUT2D eigenvalue weighted by atomic mass is 9.96. The number of nitrogens with one attached hydrogen (secondary N) is 1. The van der Waals surface area contributed by atoms with E-state index in [9.17, 15) is 4.79 Å². The SMILES string of the molecule is Cc1ccc(CCl)cc1C(=O)NC1(c2cccc3ccccc23)CC1. The highest BCUT2D eigenvalue weighted by Crippen LogP contribution is 2.48. The minimum Gasteiger partial charge on any atom is -0.342 e. The van der Waals surface area contributed by atoms with Gasteiger partial charge in [0.1, 0.15) is 0 Å². The second-order valence-electron chi connectivity index (χ2n) is 6.85. The standard InChI is InChI=1S/C22H20ClNO/c1-15-9-10-16(14-23)13-19(15)21(25)24-22(11-12-22)20-8-4-6-17-5-2-3-7-18(17)20/h2-10,13H,11-12,14H2,1H3,(H,24,25). The van der Waals surface area contributed by atoms with Crippen LogP contribution in [0, 0.1) is 6.92 Å². The van der Waals surface area contributed by atoms with Gasteiger partial charge < -0.3 is 5.32 Å². The number of hydrogen-bond acceptors (Lipinski definition) is 1. The second kappa shape index (κ2) is 6.20. The van der Waals surface area contributed by atoms with Gasteiger partial charge in [-0.1, -0.05) is 54.6 Å². The van der Waals surface area contributed by atoms with E-state index in [2.05, 4.69) is 41.7 Å². The Morgan fingerprint density at radius 3 is 2.60 bits per heavy atom. The molecule has 3 heteroatoms. The Balaban J connectivity index is 1.69. The number of aryl methyl sites for hydroxylation is 1. The average Bonchev–Trinajstić information content (AvgIpc) is 3.42. The minimum atomic E-state index is -0.249. The third-order valence-corrected chi connectivity index (χ3v) is 5.42. The highest BCUT2D eigenvalue weighted by molar-refractivity contribution is 6.17. The van der Waals surface area contributed by atoms with Crippen molar-refractivity contribution in [3.05, 3.63) is 82.9 Å². The summed E-state index contributed by atoms with van der Waals surface area (Å²) < 4.78 is 0. The quantitative estimate of drug-likeness (QED) is 0.636. The summed E-state index contributed by atoms with van der Waals surface area (Å²) in [6, 6.07) is 20.5. The van der Waals surface area contributed by atoms with Gasteiger partial charge in [0.15, 0.2) is 0 Å². The topological polar surface area (TPSA) is 29.1 Å². The lowest BCUT2D eigenvalue weighted by Crippen LogP contribution is -2.35. The van der Waals surface area contributed by atoms with Gasteiger partial charge in [0.2, 0.25) is 0 Å². The number of carbonyl (C=O) groups excluding carboxylic acids is 1. The molecule has 3 aromatic carbocycles. The summed E-state index contributed by atoms with van der Waals surface area (Å²) in [4.78, 5) is 12.9. The van der Waals surface area contributed by atoms with Crippen molar-refractivity contribution in [3.8, 4) is 0 Å². The van der Waals surface area contributed by atoms with Crippen molar-refractivity contribution in [1.82, 2.24) is 5.32 Å². The van der Waals surface area contributed by atoms with E-state index in [0.29, 0.717) is 11.4 Å². The second-order valence-corrected chi connectivity index (χ2v) is 7.11. The summed E-state index contributed by atoms with van der Waals surface area (Å²) in [6.45, 7) is 1.96. The smallest absolute Gasteiger partial charge is 0.252 e. The highest BCUT2D eigenvalue weighted by atomic mass is 35.5. The van der Waals surface area contributed by atoms with Crippen LogP contribution in [0.4, 0.5) is 0 Å². The van der Waals surface area contributed by atoms with Crippen LogP contribution in [0.15, 0.2) is 60.7 Å². The van der Waals surface area contributed by atoms with Gasteiger partial charge in [-0.3, -0.25) is 4.79 Å². The molecule has 1 N–H and O–H groups in total. The molecule has 0 heterocycles. The lowest BCUT2D eigenvalue weighted by Gasteiger charge is -2.21. The Morgan fingerprint density at radius 2 is 1.84 bits per heavy atom. The van der Waals surface area contributed by atoms with Gasteiger partial charge in [-0.05, 0) is 53.3 Å². The van der Waals surface area contributed by atoms with Gasteiger partial charge in [0.05, 0.1) is 5.54 Å². The molecule has 0 aliphatic heterocycles. The van der Waals surface area contributed by atoms with Crippen molar-refractivity contribution >= 4 is 28.3 Å². The van der Waals surface area contributed by atoms with Crippen molar-refractivity contribution in [2.45, 2.75) is 31.2 Å². The molecule has 1 amide bonds. The molecule has 1 fully saturated rings. The van der Waals surface area contributed by atoms with E-state index in [0.717, 1.165) is 24.0 Å². The zero-order valence-electron chi connectivity index (χ0n) is 14.2. The molecule has 0 spiro atoms. The van der Waals surface area contributed by atoms with E-state index in [-0.39, 0.29) is 11.4 Å². The number of alkyl halides is 1. The number of fused-ring (bicyclic) bond motifs is 1. The maximum absolute atomic E-state index is 12.9. The average molecular weight is 350 g/mol. The predicted molar refractivity (Wildman–Crippen MR) is 103 cm³/mol. The van der Waals surface area contributed by atoms with Crippen molar-refractivity contribution in [1.29, 1.82) is 0 Å². The zero-order valence-corrected chi connectivity index (χ0v) is 14.9. The van der Waals surface area contributed by atoms with Crippen LogP contribution in [-0.4, -0.2) is 5.91 Å². The Kier molecular flexibility index (Phi) is 4.01. The van der Waals surface area contributed by atoms with Crippen LogP contribution in [0.3, 0.4) is 0 Å². The molecule has 0 unspecified atom stereocenters. The normalized spacial score (nSPS) is 15.1. The first-order chi connectivity index (χ1) is 12.1.